The first-order valence-electron chi connectivity index (χ1n) is 9.63. The van der Waals surface area contributed by atoms with E-state index < -0.39 is 0 Å². The van der Waals surface area contributed by atoms with Crippen LogP contribution in [0.4, 0.5) is 5.69 Å². The van der Waals surface area contributed by atoms with Crippen molar-refractivity contribution < 1.29 is 9.47 Å². The van der Waals surface area contributed by atoms with Gasteiger partial charge in [-0.25, -0.2) is 4.99 Å². The third-order valence-corrected chi connectivity index (χ3v) is 4.39. The van der Waals surface area contributed by atoms with Crippen molar-refractivity contribution in [3.05, 3.63) is 53.6 Å². The van der Waals surface area contributed by atoms with Crippen LogP contribution in [0.25, 0.3) is 0 Å². The van der Waals surface area contributed by atoms with Crippen LogP contribution in [0.3, 0.4) is 0 Å². The van der Waals surface area contributed by atoms with E-state index in [-0.39, 0.29) is 0 Å². The van der Waals surface area contributed by atoms with E-state index in [1.807, 2.05) is 25.1 Å². The lowest BCUT2D eigenvalue weighted by molar-refractivity contribution is 0.345. The van der Waals surface area contributed by atoms with E-state index in [0.29, 0.717) is 18.0 Å². The molecular formula is C22H32N4O2. The number of nitrogens with one attached hydrogen (secondary N) is 2. The molecule has 0 bridgehead atoms. The van der Waals surface area contributed by atoms with Gasteiger partial charge in [-0.05, 0) is 43.8 Å². The molecule has 0 amide bonds. The molecule has 2 aromatic rings. The van der Waals surface area contributed by atoms with Crippen molar-refractivity contribution in [1.29, 1.82) is 0 Å². The first-order valence-corrected chi connectivity index (χ1v) is 9.63. The van der Waals surface area contributed by atoms with Gasteiger partial charge in [0.15, 0.2) is 17.5 Å². The van der Waals surface area contributed by atoms with Crippen LogP contribution in [0, 0.1) is 0 Å². The third-order valence-electron chi connectivity index (χ3n) is 4.39. The molecule has 2 rings (SSSR count). The summed E-state index contributed by atoms with van der Waals surface area (Å²) in [7, 11) is 5.38. The van der Waals surface area contributed by atoms with Gasteiger partial charge in [0, 0.05) is 24.8 Å². The average molecular weight is 385 g/mol. The molecule has 0 spiro atoms. The van der Waals surface area contributed by atoms with Gasteiger partial charge in [-0.3, -0.25) is 0 Å². The van der Waals surface area contributed by atoms with Crippen LogP contribution in [-0.2, 0) is 13.1 Å². The highest BCUT2D eigenvalue weighted by Crippen LogP contribution is 2.29. The summed E-state index contributed by atoms with van der Waals surface area (Å²) >= 11 is 0. The molecule has 0 heterocycles. The third kappa shape index (κ3) is 6.46. The molecule has 2 aromatic carbocycles. The van der Waals surface area contributed by atoms with Crippen molar-refractivity contribution in [3.8, 4) is 11.5 Å². The first kappa shape index (κ1) is 21.6. The Bertz CT molecular complexity index is 777. The Morgan fingerprint density at radius 3 is 2.43 bits per heavy atom. The summed E-state index contributed by atoms with van der Waals surface area (Å²) in [6, 6.07) is 14.3. The van der Waals surface area contributed by atoms with Crippen LogP contribution in [-0.4, -0.2) is 45.2 Å². The zero-order valence-electron chi connectivity index (χ0n) is 17.6. The molecular weight excluding hydrogens is 352 g/mol. The van der Waals surface area contributed by atoms with Gasteiger partial charge in [0.2, 0.25) is 0 Å². The fraction of sp³-hybridized carbons (Fsp3) is 0.409. The largest absolute Gasteiger partial charge is 0.493 e. The molecule has 28 heavy (non-hydrogen) atoms. The average Bonchev–Trinajstić information content (AvgIpc) is 2.72. The zero-order chi connectivity index (χ0) is 20.4. The van der Waals surface area contributed by atoms with E-state index in [9.17, 15) is 0 Å². The van der Waals surface area contributed by atoms with Crippen molar-refractivity contribution >= 4 is 11.6 Å². The van der Waals surface area contributed by atoms with Crippen molar-refractivity contribution in [1.82, 2.24) is 10.2 Å². The number of guanidine groups is 1. The van der Waals surface area contributed by atoms with Gasteiger partial charge < -0.3 is 25.0 Å². The molecule has 0 saturated heterocycles. The summed E-state index contributed by atoms with van der Waals surface area (Å²) in [5, 5.41) is 6.61. The van der Waals surface area contributed by atoms with Crippen LogP contribution in [0.2, 0.25) is 0 Å². The number of hydrogen-bond acceptors (Lipinski definition) is 4. The number of anilines is 1. The predicted octanol–water partition coefficient (Wildman–Crippen LogP) is 3.73. The minimum absolute atomic E-state index is 0.603. The maximum Gasteiger partial charge on any atom is 0.196 e. The van der Waals surface area contributed by atoms with Crippen molar-refractivity contribution in [2.45, 2.75) is 26.9 Å². The van der Waals surface area contributed by atoms with Crippen LogP contribution in [0.15, 0.2) is 47.5 Å². The number of ether oxygens (including phenoxy) is 2. The highest BCUT2D eigenvalue weighted by atomic mass is 16.5. The smallest absolute Gasteiger partial charge is 0.196 e. The second-order valence-corrected chi connectivity index (χ2v) is 6.54. The summed E-state index contributed by atoms with van der Waals surface area (Å²) < 4.78 is 10.7. The molecule has 152 valence electrons. The molecule has 0 aliphatic rings. The van der Waals surface area contributed by atoms with E-state index in [2.05, 4.69) is 53.8 Å². The van der Waals surface area contributed by atoms with E-state index in [1.165, 1.54) is 11.1 Å². The number of benzene rings is 2. The molecule has 6 nitrogen and oxygen atoms in total. The van der Waals surface area contributed by atoms with Gasteiger partial charge in [-0.2, -0.15) is 0 Å². The van der Waals surface area contributed by atoms with Gasteiger partial charge in [0.05, 0.1) is 20.8 Å². The summed E-state index contributed by atoms with van der Waals surface area (Å²) in [6.45, 7) is 7.57. The van der Waals surface area contributed by atoms with Crippen LogP contribution in [0.1, 0.15) is 25.0 Å². The molecule has 6 heteroatoms. The molecule has 0 fully saturated rings. The molecule has 0 atom stereocenters. The summed E-state index contributed by atoms with van der Waals surface area (Å²) in [5.74, 6) is 2.10. The quantitative estimate of drug-likeness (QED) is 0.510. The lowest BCUT2D eigenvalue weighted by atomic mass is 10.1. The Kier molecular flexibility index (Phi) is 8.62. The number of nitrogens with zero attached hydrogens (tertiary/aromatic N) is 2. The molecule has 0 radical (unpaired) electrons. The minimum Gasteiger partial charge on any atom is -0.493 e. The number of methoxy groups -OCH3 is 2. The highest BCUT2D eigenvalue weighted by molar-refractivity contribution is 5.93. The highest BCUT2D eigenvalue weighted by Gasteiger charge is 2.06. The summed E-state index contributed by atoms with van der Waals surface area (Å²) in [6.07, 6.45) is 0. The fourth-order valence-electron chi connectivity index (χ4n) is 2.78. The Balaban J connectivity index is 2.11. The molecule has 0 aromatic heterocycles. The Morgan fingerprint density at radius 2 is 1.75 bits per heavy atom. The summed E-state index contributed by atoms with van der Waals surface area (Å²) in [4.78, 5) is 7.01. The first-order chi connectivity index (χ1) is 13.6. The second kappa shape index (κ2) is 11.2. The lowest BCUT2D eigenvalue weighted by Gasteiger charge is -2.15. The van der Waals surface area contributed by atoms with Crippen molar-refractivity contribution in [3.63, 3.8) is 0 Å². The Hall–Kier alpha value is -2.73. The van der Waals surface area contributed by atoms with E-state index in [0.717, 1.165) is 31.3 Å². The van der Waals surface area contributed by atoms with E-state index in [1.54, 1.807) is 14.2 Å². The van der Waals surface area contributed by atoms with Crippen molar-refractivity contribution in [2.24, 2.45) is 4.99 Å². The molecule has 0 aliphatic heterocycles. The number of aliphatic imine (C=N–C) groups is 1. The van der Waals surface area contributed by atoms with E-state index >= 15 is 0 Å². The molecule has 0 aliphatic carbocycles. The van der Waals surface area contributed by atoms with Gasteiger partial charge in [0.25, 0.3) is 0 Å². The van der Waals surface area contributed by atoms with Gasteiger partial charge in [0.1, 0.15) is 0 Å². The second-order valence-electron chi connectivity index (χ2n) is 6.54. The standard InChI is InChI=1S/C22H32N4O2/c1-6-23-22(25-19-11-12-20(27-4)21(14-19)28-5)24-15-17-9-8-10-18(13-17)16-26(3)7-2/h8-14H,6-7,15-16H2,1-5H3,(H2,23,24,25). The van der Waals surface area contributed by atoms with Crippen LogP contribution < -0.4 is 20.1 Å². The van der Waals surface area contributed by atoms with Gasteiger partial charge in [-0.1, -0.05) is 31.2 Å². The molecule has 0 unspecified atom stereocenters. The topological polar surface area (TPSA) is 58.1 Å². The van der Waals surface area contributed by atoms with E-state index in [4.69, 9.17) is 14.5 Å². The lowest BCUT2D eigenvalue weighted by Crippen LogP contribution is -2.30. The predicted molar refractivity (Wildman–Crippen MR) is 116 cm³/mol. The fourth-order valence-corrected chi connectivity index (χ4v) is 2.78. The SMILES string of the molecule is CCNC(=NCc1cccc(CN(C)CC)c1)Nc1ccc(OC)c(OC)c1. The minimum atomic E-state index is 0.603. The normalized spacial score (nSPS) is 11.4. The van der Waals surface area contributed by atoms with Gasteiger partial charge in [-0.15, -0.1) is 0 Å². The molecule has 0 saturated carbocycles. The number of hydrogen-bond donors (Lipinski definition) is 2. The summed E-state index contributed by atoms with van der Waals surface area (Å²) in [5.41, 5.74) is 3.37. The Morgan fingerprint density at radius 1 is 1.00 bits per heavy atom. The monoisotopic (exact) mass is 384 g/mol. The Labute approximate surface area is 168 Å². The van der Waals surface area contributed by atoms with Crippen LogP contribution >= 0.6 is 0 Å². The van der Waals surface area contributed by atoms with Gasteiger partial charge >= 0.3 is 0 Å². The maximum atomic E-state index is 5.37. The zero-order valence-corrected chi connectivity index (χ0v) is 17.6. The van der Waals surface area contributed by atoms with Crippen LogP contribution in [0.5, 0.6) is 11.5 Å². The van der Waals surface area contributed by atoms with Crippen molar-refractivity contribution in [2.75, 3.05) is 39.7 Å². The maximum absolute atomic E-state index is 5.37. The molecule has 2 N–H and O–H groups in total. The number of rotatable bonds is 9.